The van der Waals surface area contributed by atoms with Crippen LogP contribution in [0.25, 0.3) is 0 Å². The molecule has 2 nitrogen and oxygen atoms in total. The first-order valence-electron chi connectivity index (χ1n) is 8.22. The summed E-state index contributed by atoms with van der Waals surface area (Å²) in [6.07, 6.45) is 15.1. The van der Waals surface area contributed by atoms with Crippen LogP contribution in [-0.4, -0.2) is 6.10 Å². The van der Waals surface area contributed by atoms with Crippen LogP contribution in [0.1, 0.15) is 58.8 Å². The molecule has 2 aliphatic carbocycles. The van der Waals surface area contributed by atoms with Crippen molar-refractivity contribution in [2.24, 2.45) is 11.3 Å². The van der Waals surface area contributed by atoms with Crippen molar-refractivity contribution in [2.45, 2.75) is 64.9 Å². The topological polar surface area (TPSA) is 33.0 Å². The van der Waals surface area contributed by atoms with Crippen LogP contribution >= 0.6 is 0 Å². The Labute approximate surface area is 129 Å². The highest BCUT2D eigenvalue weighted by atomic mass is 16.5. The van der Waals surface area contributed by atoms with Gasteiger partial charge in [0.15, 0.2) is 0 Å². The molecule has 1 unspecified atom stereocenters. The summed E-state index contributed by atoms with van der Waals surface area (Å²) >= 11 is 0. The highest BCUT2D eigenvalue weighted by molar-refractivity contribution is 5.34. The standard InChI is InChI=1S/C19H27NO/c1-4-15(2)5-6-18(13-16(3)14-20)21-17-7-9-19(10-8-17)11-12-19/h5-6,13,15,17H,3-4,7-12H2,1-2H3/b6-5-,18-13+. The predicted molar refractivity (Wildman–Crippen MR) is 86.4 cm³/mol. The van der Waals surface area contributed by atoms with Gasteiger partial charge in [0, 0.05) is 5.57 Å². The van der Waals surface area contributed by atoms with Crippen LogP contribution < -0.4 is 0 Å². The van der Waals surface area contributed by atoms with Gasteiger partial charge in [-0.1, -0.05) is 32.9 Å². The first-order valence-corrected chi connectivity index (χ1v) is 8.22. The van der Waals surface area contributed by atoms with Gasteiger partial charge < -0.3 is 4.74 Å². The zero-order valence-corrected chi connectivity index (χ0v) is 13.4. The smallest absolute Gasteiger partial charge is 0.120 e. The normalized spacial score (nSPS) is 23.0. The molecule has 0 aliphatic heterocycles. The predicted octanol–water partition coefficient (Wildman–Crippen LogP) is 5.29. The lowest BCUT2D eigenvalue weighted by atomic mass is 9.85. The monoisotopic (exact) mass is 285 g/mol. The van der Waals surface area contributed by atoms with Crippen molar-refractivity contribution in [2.75, 3.05) is 0 Å². The Kier molecular flexibility index (Phi) is 5.28. The van der Waals surface area contributed by atoms with E-state index in [2.05, 4.69) is 32.6 Å². The van der Waals surface area contributed by atoms with Gasteiger partial charge in [0.2, 0.25) is 0 Å². The van der Waals surface area contributed by atoms with E-state index in [1.165, 1.54) is 25.7 Å². The third-order valence-corrected chi connectivity index (χ3v) is 4.95. The largest absolute Gasteiger partial charge is 0.490 e. The molecule has 1 spiro atoms. The minimum absolute atomic E-state index is 0.301. The molecule has 114 valence electrons. The summed E-state index contributed by atoms with van der Waals surface area (Å²) in [6.45, 7) is 8.09. The molecule has 0 N–H and O–H groups in total. The lowest BCUT2D eigenvalue weighted by Crippen LogP contribution is -2.22. The quantitative estimate of drug-likeness (QED) is 0.377. The maximum absolute atomic E-state index is 8.92. The number of hydrogen-bond donors (Lipinski definition) is 0. The molecule has 0 aromatic heterocycles. The third kappa shape index (κ3) is 4.77. The molecule has 1 atom stereocenters. The first-order chi connectivity index (χ1) is 10.1. The second-order valence-corrected chi connectivity index (χ2v) is 6.75. The summed E-state index contributed by atoms with van der Waals surface area (Å²) in [5.74, 6) is 1.31. The summed E-state index contributed by atoms with van der Waals surface area (Å²) in [6, 6.07) is 2.07. The van der Waals surface area contributed by atoms with E-state index in [0.717, 1.165) is 25.0 Å². The van der Waals surface area contributed by atoms with Crippen molar-refractivity contribution in [3.63, 3.8) is 0 Å². The van der Waals surface area contributed by atoms with E-state index in [0.29, 0.717) is 23.0 Å². The van der Waals surface area contributed by atoms with Crippen molar-refractivity contribution in [3.05, 3.63) is 36.1 Å². The van der Waals surface area contributed by atoms with Gasteiger partial charge in [-0.25, -0.2) is 0 Å². The second-order valence-electron chi connectivity index (χ2n) is 6.75. The fourth-order valence-electron chi connectivity index (χ4n) is 2.91. The van der Waals surface area contributed by atoms with Gasteiger partial charge in [-0.05, 0) is 62.0 Å². The van der Waals surface area contributed by atoms with Gasteiger partial charge in [-0.2, -0.15) is 5.26 Å². The Morgan fingerprint density at radius 3 is 2.57 bits per heavy atom. The van der Waals surface area contributed by atoms with E-state index in [9.17, 15) is 0 Å². The molecule has 0 heterocycles. The molecule has 0 amide bonds. The molecule has 2 fully saturated rings. The molecule has 2 rings (SSSR count). The number of hydrogen-bond acceptors (Lipinski definition) is 2. The van der Waals surface area contributed by atoms with E-state index in [1.807, 2.05) is 6.08 Å². The number of allylic oxidation sites excluding steroid dienone is 4. The lowest BCUT2D eigenvalue weighted by Gasteiger charge is -2.29. The summed E-state index contributed by atoms with van der Waals surface area (Å²) in [5.41, 5.74) is 1.14. The zero-order valence-electron chi connectivity index (χ0n) is 13.4. The third-order valence-electron chi connectivity index (χ3n) is 4.95. The van der Waals surface area contributed by atoms with Gasteiger partial charge in [0.1, 0.15) is 5.76 Å². The Hall–Kier alpha value is -1.49. The Morgan fingerprint density at radius 2 is 2.05 bits per heavy atom. The minimum atomic E-state index is 0.301. The van der Waals surface area contributed by atoms with Crippen LogP contribution in [-0.2, 0) is 4.74 Å². The van der Waals surface area contributed by atoms with E-state index >= 15 is 0 Å². The molecule has 2 saturated carbocycles. The van der Waals surface area contributed by atoms with Crippen LogP contribution in [0.2, 0.25) is 0 Å². The van der Waals surface area contributed by atoms with Gasteiger partial charge in [0.05, 0.1) is 12.2 Å². The summed E-state index contributed by atoms with van der Waals surface area (Å²) in [5, 5.41) is 8.92. The fourth-order valence-corrected chi connectivity index (χ4v) is 2.91. The minimum Gasteiger partial charge on any atom is -0.490 e. The van der Waals surface area contributed by atoms with E-state index in [-0.39, 0.29) is 0 Å². The van der Waals surface area contributed by atoms with Gasteiger partial charge in [-0.15, -0.1) is 0 Å². The number of ether oxygens (including phenoxy) is 1. The molecular weight excluding hydrogens is 258 g/mol. The molecule has 0 radical (unpaired) electrons. The molecule has 2 aliphatic rings. The average molecular weight is 285 g/mol. The SMILES string of the molecule is C=C(C#N)/C=C(\C=C/C(C)CC)OC1CCC2(CC1)CC2. The molecule has 21 heavy (non-hydrogen) atoms. The lowest BCUT2D eigenvalue weighted by molar-refractivity contribution is 0.0690. The van der Waals surface area contributed by atoms with Crippen molar-refractivity contribution in [1.29, 1.82) is 5.26 Å². The Bertz CT molecular complexity index is 466. The Morgan fingerprint density at radius 1 is 1.38 bits per heavy atom. The molecule has 2 heteroatoms. The van der Waals surface area contributed by atoms with Crippen molar-refractivity contribution < 1.29 is 4.74 Å². The molecule has 0 aromatic rings. The second kappa shape index (κ2) is 6.98. The first kappa shape index (κ1) is 15.9. The molecule has 0 aromatic carbocycles. The van der Waals surface area contributed by atoms with Crippen LogP contribution in [0, 0.1) is 22.7 Å². The van der Waals surface area contributed by atoms with Crippen molar-refractivity contribution in [1.82, 2.24) is 0 Å². The highest BCUT2D eigenvalue weighted by Gasteiger charge is 2.45. The van der Waals surface area contributed by atoms with Crippen LogP contribution in [0.4, 0.5) is 0 Å². The van der Waals surface area contributed by atoms with Crippen molar-refractivity contribution in [3.8, 4) is 6.07 Å². The fraction of sp³-hybridized carbons (Fsp3) is 0.632. The molecule has 0 bridgehead atoms. The van der Waals surface area contributed by atoms with Crippen molar-refractivity contribution >= 4 is 0 Å². The maximum atomic E-state index is 8.92. The molecule has 0 saturated heterocycles. The van der Waals surface area contributed by atoms with Gasteiger partial charge in [0.25, 0.3) is 0 Å². The van der Waals surface area contributed by atoms with E-state index < -0.39 is 0 Å². The Balaban J connectivity index is 1.95. The maximum Gasteiger partial charge on any atom is 0.120 e. The van der Waals surface area contributed by atoms with E-state index in [1.54, 1.807) is 6.08 Å². The van der Waals surface area contributed by atoms with Crippen LogP contribution in [0.5, 0.6) is 0 Å². The summed E-state index contributed by atoms with van der Waals surface area (Å²) < 4.78 is 6.14. The van der Waals surface area contributed by atoms with E-state index in [4.69, 9.17) is 10.00 Å². The number of nitriles is 1. The number of rotatable bonds is 6. The van der Waals surface area contributed by atoms with Crippen LogP contribution in [0.15, 0.2) is 36.1 Å². The average Bonchev–Trinajstić information content (AvgIpc) is 3.26. The summed E-state index contributed by atoms with van der Waals surface area (Å²) in [7, 11) is 0. The number of nitrogens with zero attached hydrogens (tertiary/aromatic N) is 1. The van der Waals surface area contributed by atoms with Crippen LogP contribution in [0.3, 0.4) is 0 Å². The van der Waals surface area contributed by atoms with Gasteiger partial charge >= 0.3 is 0 Å². The van der Waals surface area contributed by atoms with Gasteiger partial charge in [-0.3, -0.25) is 0 Å². The zero-order chi connectivity index (χ0) is 15.3. The highest BCUT2D eigenvalue weighted by Crippen LogP contribution is 2.56. The summed E-state index contributed by atoms with van der Waals surface area (Å²) in [4.78, 5) is 0. The molecular formula is C19H27NO.